The Morgan fingerprint density at radius 3 is 2.04 bits per heavy atom. The SMILES string of the molecule is COc1cc(C(=O)NCC2CCN(C(=O)C(F)(F)F)CC2)cc(OC)c1OC. The van der Waals surface area contributed by atoms with Crippen LogP contribution in [0.4, 0.5) is 13.2 Å². The van der Waals surface area contributed by atoms with Gasteiger partial charge in [0.1, 0.15) is 0 Å². The van der Waals surface area contributed by atoms with Gasteiger partial charge in [0.2, 0.25) is 5.75 Å². The molecule has 0 unspecified atom stereocenters. The zero-order chi connectivity index (χ0) is 20.9. The summed E-state index contributed by atoms with van der Waals surface area (Å²) in [5.41, 5.74) is 0.305. The van der Waals surface area contributed by atoms with Crippen LogP contribution in [0.2, 0.25) is 0 Å². The third-order valence-corrected chi connectivity index (χ3v) is 4.62. The van der Waals surface area contributed by atoms with Crippen molar-refractivity contribution in [2.45, 2.75) is 19.0 Å². The summed E-state index contributed by atoms with van der Waals surface area (Å²) < 4.78 is 53.0. The molecule has 1 aromatic rings. The van der Waals surface area contributed by atoms with Gasteiger partial charge in [-0.1, -0.05) is 0 Å². The standard InChI is InChI=1S/C18H23F3N2O5/c1-26-13-8-12(9-14(27-2)15(13)28-3)16(24)22-10-11-4-6-23(7-5-11)17(25)18(19,20)21/h8-9,11H,4-7,10H2,1-3H3,(H,22,24). The van der Waals surface area contributed by atoms with Crippen LogP contribution in [0.15, 0.2) is 12.1 Å². The molecule has 1 fully saturated rings. The number of hydrogen-bond donors (Lipinski definition) is 1. The molecule has 156 valence electrons. The number of piperidine rings is 1. The van der Waals surface area contributed by atoms with Gasteiger partial charge in [-0.15, -0.1) is 0 Å². The van der Waals surface area contributed by atoms with E-state index < -0.39 is 12.1 Å². The molecular weight excluding hydrogens is 381 g/mol. The number of carbonyl (C=O) groups is 2. The van der Waals surface area contributed by atoms with Crippen LogP contribution >= 0.6 is 0 Å². The molecule has 2 rings (SSSR count). The maximum atomic E-state index is 12.5. The Morgan fingerprint density at radius 1 is 1.07 bits per heavy atom. The summed E-state index contributed by atoms with van der Waals surface area (Å²) in [6.07, 6.45) is -4.08. The van der Waals surface area contributed by atoms with Crippen molar-refractivity contribution in [3.05, 3.63) is 17.7 Å². The minimum Gasteiger partial charge on any atom is -0.493 e. The highest BCUT2D eigenvalue weighted by Gasteiger charge is 2.43. The monoisotopic (exact) mass is 404 g/mol. The third kappa shape index (κ3) is 4.99. The van der Waals surface area contributed by atoms with E-state index in [4.69, 9.17) is 14.2 Å². The summed E-state index contributed by atoms with van der Waals surface area (Å²) in [6.45, 7) is 0.329. The van der Waals surface area contributed by atoms with Gasteiger partial charge < -0.3 is 24.4 Å². The second-order valence-electron chi connectivity index (χ2n) is 6.36. The van der Waals surface area contributed by atoms with Crippen LogP contribution in [0, 0.1) is 5.92 Å². The average Bonchev–Trinajstić information content (AvgIpc) is 2.69. The molecule has 1 heterocycles. The minimum atomic E-state index is -4.85. The van der Waals surface area contributed by atoms with Crippen LogP contribution in [0.25, 0.3) is 0 Å². The Labute approximate surface area is 160 Å². The lowest BCUT2D eigenvalue weighted by atomic mass is 9.96. The first-order valence-electron chi connectivity index (χ1n) is 8.65. The molecule has 1 N–H and O–H groups in total. The van der Waals surface area contributed by atoms with Crippen molar-refractivity contribution < 1.29 is 37.0 Å². The van der Waals surface area contributed by atoms with Gasteiger partial charge in [0, 0.05) is 25.2 Å². The van der Waals surface area contributed by atoms with Gasteiger partial charge in [-0.2, -0.15) is 13.2 Å². The molecular formula is C18H23F3N2O5. The van der Waals surface area contributed by atoms with Crippen LogP contribution in [-0.4, -0.2) is 63.9 Å². The zero-order valence-electron chi connectivity index (χ0n) is 15.9. The van der Waals surface area contributed by atoms with Gasteiger partial charge in [-0.3, -0.25) is 9.59 Å². The first kappa shape index (κ1) is 21.6. The molecule has 0 spiro atoms. The van der Waals surface area contributed by atoms with Crippen molar-refractivity contribution in [3.63, 3.8) is 0 Å². The molecule has 0 aromatic heterocycles. The lowest BCUT2D eigenvalue weighted by Crippen LogP contribution is -2.46. The number of methoxy groups -OCH3 is 3. The average molecular weight is 404 g/mol. The van der Waals surface area contributed by atoms with E-state index in [-0.39, 0.29) is 24.9 Å². The Bertz CT molecular complexity index is 691. The zero-order valence-corrected chi connectivity index (χ0v) is 15.9. The lowest BCUT2D eigenvalue weighted by Gasteiger charge is -2.32. The molecule has 2 amide bonds. The fourth-order valence-corrected chi connectivity index (χ4v) is 3.07. The van der Waals surface area contributed by atoms with E-state index in [2.05, 4.69) is 5.32 Å². The van der Waals surface area contributed by atoms with E-state index in [1.807, 2.05) is 0 Å². The van der Waals surface area contributed by atoms with E-state index in [0.29, 0.717) is 42.2 Å². The number of carbonyl (C=O) groups excluding carboxylic acids is 2. The van der Waals surface area contributed by atoms with Gasteiger partial charge >= 0.3 is 12.1 Å². The molecule has 28 heavy (non-hydrogen) atoms. The number of ether oxygens (including phenoxy) is 3. The first-order chi connectivity index (χ1) is 13.2. The molecule has 1 saturated heterocycles. The second kappa shape index (κ2) is 9.03. The Kier molecular flexibility index (Phi) is 6.98. The largest absolute Gasteiger partial charge is 0.493 e. The minimum absolute atomic E-state index is 0.0109. The van der Waals surface area contributed by atoms with Crippen LogP contribution in [0.3, 0.4) is 0 Å². The number of halogens is 3. The quantitative estimate of drug-likeness (QED) is 0.787. The summed E-state index contributed by atoms with van der Waals surface area (Å²) >= 11 is 0. The number of hydrogen-bond acceptors (Lipinski definition) is 5. The maximum absolute atomic E-state index is 12.5. The molecule has 0 saturated carbocycles. The van der Waals surface area contributed by atoms with Gasteiger partial charge in [0.25, 0.3) is 5.91 Å². The van der Waals surface area contributed by atoms with E-state index in [1.165, 1.54) is 33.5 Å². The molecule has 1 aromatic carbocycles. The van der Waals surface area contributed by atoms with Crippen molar-refractivity contribution in [1.29, 1.82) is 0 Å². The smallest absolute Gasteiger partial charge is 0.471 e. The summed E-state index contributed by atoms with van der Waals surface area (Å²) in [4.78, 5) is 24.5. The van der Waals surface area contributed by atoms with Crippen LogP contribution < -0.4 is 19.5 Å². The Balaban J connectivity index is 1.94. The van der Waals surface area contributed by atoms with E-state index in [1.54, 1.807) is 0 Å². The Morgan fingerprint density at radius 2 is 1.61 bits per heavy atom. The van der Waals surface area contributed by atoms with E-state index in [9.17, 15) is 22.8 Å². The number of likely N-dealkylation sites (tertiary alicyclic amines) is 1. The highest BCUT2D eigenvalue weighted by atomic mass is 19.4. The van der Waals surface area contributed by atoms with Crippen molar-refractivity contribution in [2.75, 3.05) is 41.0 Å². The van der Waals surface area contributed by atoms with Gasteiger partial charge in [-0.25, -0.2) is 0 Å². The predicted octanol–water partition coefficient (Wildman–Crippen LogP) is 2.24. The first-order valence-corrected chi connectivity index (χ1v) is 8.65. The molecule has 1 aliphatic rings. The number of nitrogens with zero attached hydrogens (tertiary/aromatic N) is 1. The number of rotatable bonds is 6. The van der Waals surface area contributed by atoms with E-state index >= 15 is 0 Å². The van der Waals surface area contributed by atoms with Crippen LogP contribution in [0.5, 0.6) is 17.2 Å². The molecule has 0 radical (unpaired) electrons. The molecule has 0 atom stereocenters. The normalized spacial score (nSPS) is 15.1. The fourth-order valence-electron chi connectivity index (χ4n) is 3.07. The van der Waals surface area contributed by atoms with E-state index in [0.717, 1.165) is 4.90 Å². The predicted molar refractivity (Wildman–Crippen MR) is 93.8 cm³/mol. The lowest BCUT2D eigenvalue weighted by molar-refractivity contribution is -0.186. The van der Waals surface area contributed by atoms with Gasteiger partial charge in [0.15, 0.2) is 11.5 Å². The second-order valence-corrected chi connectivity index (χ2v) is 6.36. The van der Waals surface area contributed by atoms with Crippen molar-refractivity contribution in [1.82, 2.24) is 10.2 Å². The number of alkyl halides is 3. The number of benzene rings is 1. The molecule has 0 aliphatic carbocycles. The molecule has 10 heteroatoms. The molecule has 0 bridgehead atoms. The van der Waals surface area contributed by atoms with Crippen LogP contribution in [-0.2, 0) is 4.79 Å². The summed E-state index contributed by atoms with van der Waals surface area (Å²) in [5, 5.41) is 2.77. The number of amides is 2. The molecule has 1 aliphatic heterocycles. The summed E-state index contributed by atoms with van der Waals surface area (Å²) in [5.74, 6) is -1.15. The summed E-state index contributed by atoms with van der Waals surface area (Å²) in [7, 11) is 4.33. The highest BCUT2D eigenvalue weighted by molar-refractivity contribution is 5.95. The number of nitrogens with one attached hydrogen (secondary N) is 1. The summed E-state index contributed by atoms with van der Waals surface area (Å²) in [6, 6.07) is 3.03. The van der Waals surface area contributed by atoms with Crippen molar-refractivity contribution >= 4 is 11.8 Å². The maximum Gasteiger partial charge on any atom is 0.471 e. The third-order valence-electron chi connectivity index (χ3n) is 4.62. The highest BCUT2D eigenvalue weighted by Crippen LogP contribution is 2.38. The fraction of sp³-hybridized carbons (Fsp3) is 0.556. The molecule has 7 nitrogen and oxygen atoms in total. The Hall–Kier alpha value is -2.65. The van der Waals surface area contributed by atoms with Crippen molar-refractivity contribution in [3.8, 4) is 17.2 Å². The topological polar surface area (TPSA) is 77.1 Å². The van der Waals surface area contributed by atoms with Crippen LogP contribution in [0.1, 0.15) is 23.2 Å². The van der Waals surface area contributed by atoms with Gasteiger partial charge in [-0.05, 0) is 30.9 Å². The van der Waals surface area contributed by atoms with Crippen molar-refractivity contribution in [2.24, 2.45) is 5.92 Å². The van der Waals surface area contributed by atoms with Gasteiger partial charge in [0.05, 0.1) is 21.3 Å².